The molecule has 2 rings (SSSR count). The summed E-state index contributed by atoms with van der Waals surface area (Å²) in [7, 11) is 1.55. The average Bonchev–Trinajstić information content (AvgIpc) is 3.06. The molecule has 1 unspecified atom stereocenters. The normalized spacial score (nSPS) is 18.1. The van der Waals surface area contributed by atoms with E-state index in [9.17, 15) is 14.4 Å². The molecular formula is C19H29AsN5O3. The monoisotopic (exact) mass is 450 g/mol. The molecule has 0 spiro atoms. The number of nitrogens with one attached hydrogen (secondary N) is 3. The summed E-state index contributed by atoms with van der Waals surface area (Å²) >= 11 is -0.108. The van der Waals surface area contributed by atoms with Gasteiger partial charge in [0.25, 0.3) is 0 Å². The van der Waals surface area contributed by atoms with Crippen LogP contribution < -0.4 is 20.9 Å². The van der Waals surface area contributed by atoms with E-state index in [0.29, 0.717) is 18.8 Å². The van der Waals surface area contributed by atoms with Crippen LogP contribution in [0.2, 0.25) is 10.4 Å². The van der Waals surface area contributed by atoms with E-state index in [4.69, 9.17) is 0 Å². The maximum atomic E-state index is 13.5. The fourth-order valence-corrected chi connectivity index (χ4v) is 3.77. The Hall–Kier alpha value is -2.08. The summed E-state index contributed by atoms with van der Waals surface area (Å²) < 4.78 is -0.0694. The topological polar surface area (TPSA) is 103 Å². The van der Waals surface area contributed by atoms with Gasteiger partial charge in [-0.05, 0) is 0 Å². The predicted octanol–water partition coefficient (Wildman–Crippen LogP) is 0.970. The van der Waals surface area contributed by atoms with Crippen LogP contribution in [0, 0.1) is 5.92 Å². The van der Waals surface area contributed by atoms with Gasteiger partial charge in [0.1, 0.15) is 0 Å². The van der Waals surface area contributed by atoms with E-state index in [1.54, 1.807) is 18.1 Å². The number of carbonyl (C=O) groups is 3. The van der Waals surface area contributed by atoms with Crippen LogP contribution in [0.25, 0.3) is 0 Å². The van der Waals surface area contributed by atoms with Crippen molar-refractivity contribution in [3.63, 3.8) is 0 Å². The van der Waals surface area contributed by atoms with Crippen molar-refractivity contribution >= 4 is 39.4 Å². The van der Waals surface area contributed by atoms with Gasteiger partial charge in [-0.15, -0.1) is 0 Å². The number of anilines is 1. The third-order valence-electron chi connectivity index (χ3n) is 4.88. The van der Waals surface area contributed by atoms with Crippen LogP contribution in [0.15, 0.2) is 18.3 Å². The fourth-order valence-electron chi connectivity index (χ4n) is 3.13. The molecule has 0 aromatic carbocycles. The molecule has 8 nitrogen and oxygen atoms in total. The Morgan fingerprint density at radius 2 is 2.04 bits per heavy atom. The third-order valence-corrected chi connectivity index (χ3v) is 6.99. The summed E-state index contributed by atoms with van der Waals surface area (Å²) in [6.45, 7) is 6.03. The van der Waals surface area contributed by atoms with Crippen molar-refractivity contribution in [2.45, 2.75) is 49.7 Å². The van der Waals surface area contributed by atoms with E-state index in [2.05, 4.69) is 20.9 Å². The molecule has 1 aromatic rings. The summed E-state index contributed by atoms with van der Waals surface area (Å²) in [5.41, 5.74) is 2.99. The van der Waals surface area contributed by atoms with Crippen molar-refractivity contribution < 1.29 is 14.4 Å². The van der Waals surface area contributed by atoms with E-state index < -0.39 is 6.04 Å². The zero-order chi connectivity index (χ0) is 20.8. The molecule has 153 valence electrons. The summed E-state index contributed by atoms with van der Waals surface area (Å²) in [6.07, 6.45) is 2.26. The maximum absolute atomic E-state index is 13.5. The van der Waals surface area contributed by atoms with Crippen molar-refractivity contribution in [2.75, 3.05) is 18.5 Å². The number of rotatable bonds is 7. The molecule has 0 saturated heterocycles. The van der Waals surface area contributed by atoms with Crippen molar-refractivity contribution in [3.8, 4) is 0 Å². The third kappa shape index (κ3) is 5.04. The van der Waals surface area contributed by atoms with E-state index >= 15 is 0 Å². The molecule has 0 saturated carbocycles. The number of hydrogen-bond donors (Lipinski definition) is 3. The van der Waals surface area contributed by atoms with Crippen molar-refractivity contribution in [3.05, 3.63) is 23.9 Å². The van der Waals surface area contributed by atoms with Gasteiger partial charge in [0.05, 0.1) is 0 Å². The van der Waals surface area contributed by atoms with Gasteiger partial charge in [0, 0.05) is 0 Å². The van der Waals surface area contributed by atoms with Gasteiger partial charge in [-0.1, -0.05) is 0 Å². The van der Waals surface area contributed by atoms with Crippen LogP contribution >= 0.6 is 0 Å². The first kappa shape index (κ1) is 22.2. The number of aromatic nitrogens is 1. The van der Waals surface area contributed by atoms with E-state index in [0.717, 1.165) is 5.56 Å². The van der Waals surface area contributed by atoms with Gasteiger partial charge in [-0.25, -0.2) is 0 Å². The van der Waals surface area contributed by atoms with Gasteiger partial charge in [-0.2, -0.15) is 0 Å². The average molecular weight is 450 g/mol. The molecule has 28 heavy (non-hydrogen) atoms. The quantitative estimate of drug-likeness (QED) is 0.539. The molecule has 1 radical (unpaired) electrons. The Labute approximate surface area is 172 Å². The molecule has 0 aliphatic carbocycles. The summed E-state index contributed by atoms with van der Waals surface area (Å²) in [5.74, 6) is 0.252. The second kappa shape index (κ2) is 9.91. The molecule has 1 aliphatic rings. The van der Waals surface area contributed by atoms with Crippen LogP contribution in [0.3, 0.4) is 0 Å². The molecule has 2 heterocycles. The number of amides is 4. The van der Waals surface area contributed by atoms with E-state index in [-0.39, 0.29) is 50.3 Å². The molecular weight excluding hydrogens is 421 g/mol. The van der Waals surface area contributed by atoms with Crippen LogP contribution in [0.1, 0.15) is 26.3 Å². The molecule has 4 amide bonds. The first-order valence-electron chi connectivity index (χ1n) is 9.42. The Balaban J connectivity index is 2.27. The number of hydrogen-bond acceptors (Lipinski definition) is 4. The van der Waals surface area contributed by atoms with Crippen LogP contribution in [0.4, 0.5) is 10.6 Å². The fraction of sp³-hybridized carbons (Fsp3) is 0.579. The summed E-state index contributed by atoms with van der Waals surface area (Å²) in [5, 5.41) is 8.23. The van der Waals surface area contributed by atoms with Crippen molar-refractivity contribution in [1.82, 2.24) is 20.9 Å². The van der Waals surface area contributed by atoms with Gasteiger partial charge in [0.15, 0.2) is 0 Å². The SMILES string of the molecule is CNC(=O)NC[C@@H]1Cc2cccnc2N1C(=O)C(NC(=O)[C@H](C)[As]C)C(C)C. The number of carbonyl (C=O) groups excluding carboxylic acids is 3. The first-order valence-corrected chi connectivity index (χ1v) is 12.4. The van der Waals surface area contributed by atoms with Crippen LogP contribution in [-0.4, -0.2) is 64.3 Å². The Morgan fingerprint density at radius 3 is 2.64 bits per heavy atom. The molecule has 1 aliphatic heterocycles. The zero-order valence-corrected chi connectivity index (χ0v) is 18.9. The first-order chi connectivity index (χ1) is 13.3. The predicted molar refractivity (Wildman–Crippen MR) is 109 cm³/mol. The minimum atomic E-state index is -0.641. The van der Waals surface area contributed by atoms with Crippen LogP contribution in [0.5, 0.6) is 0 Å². The molecule has 3 atom stereocenters. The Kier molecular flexibility index (Phi) is 7.86. The van der Waals surface area contributed by atoms with Crippen LogP contribution in [-0.2, 0) is 16.0 Å². The molecule has 9 heteroatoms. The zero-order valence-electron chi connectivity index (χ0n) is 17.0. The standard InChI is InChI=1S/C19H29AsN5O3/c1-11(2)15(24-17(26)12(3)20-4)18(27)25-14(10-23-19(28)21-5)9-13-7-6-8-22-16(13)25/h6-8,11-12,14-15H,9-10H2,1-5H3,(H,24,26)(H2,21,23,28)/t12-,14-,15?/m0/s1. The van der Waals surface area contributed by atoms with E-state index in [1.165, 1.54) is 0 Å². The molecule has 0 fully saturated rings. The summed E-state index contributed by atoms with van der Waals surface area (Å²) in [4.78, 5) is 43.6. The second-order valence-electron chi connectivity index (χ2n) is 7.18. The van der Waals surface area contributed by atoms with E-state index in [1.807, 2.05) is 38.6 Å². The van der Waals surface area contributed by atoms with Crippen molar-refractivity contribution in [1.29, 1.82) is 0 Å². The van der Waals surface area contributed by atoms with Crippen molar-refractivity contribution in [2.24, 2.45) is 5.92 Å². The van der Waals surface area contributed by atoms with Gasteiger partial charge < -0.3 is 0 Å². The minimum absolute atomic E-state index is 0.0694. The second-order valence-corrected chi connectivity index (χ2v) is 9.89. The van der Waals surface area contributed by atoms with Gasteiger partial charge >= 0.3 is 173 Å². The Bertz CT molecular complexity index is 727. The Morgan fingerprint density at radius 1 is 1.32 bits per heavy atom. The molecule has 3 N–H and O–H groups in total. The number of fused-ring (bicyclic) bond motifs is 1. The number of pyridine rings is 1. The molecule has 1 aromatic heterocycles. The molecule has 0 bridgehead atoms. The van der Waals surface area contributed by atoms with Gasteiger partial charge in [-0.3, -0.25) is 0 Å². The van der Waals surface area contributed by atoms with Gasteiger partial charge in [0.2, 0.25) is 0 Å². The number of nitrogens with zero attached hydrogens (tertiary/aromatic N) is 2. The summed E-state index contributed by atoms with van der Waals surface area (Å²) in [6, 6.07) is 2.59. The number of urea groups is 1.